The molecule has 280 valence electrons. The molecule has 0 spiro atoms. The molecule has 0 bridgehead atoms. The van der Waals surface area contributed by atoms with E-state index in [4.69, 9.17) is 9.47 Å². The molecule has 0 fully saturated rings. The lowest BCUT2D eigenvalue weighted by atomic mass is 10.1. The number of halogens is 5. The molecule has 2 amide bonds. The van der Waals surface area contributed by atoms with Gasteiger partial charge in [-0.1, -0.05) is 30.3 Å². The molecule has 0 saturated carbocycles. The van der Waals surface area contributed by atoms with Crippen LogP contribution in [0.25, 0.3) is 17.1 Å². The first-order valence-corrected chi connectivity index (χ1v) is 15.6. The average molecular weight is 755 g/mol. The molecule has 14 nitrogen and oxygen atoms in total. The smallest absolute Gasteiger partial charge is 0.435 e. The Bertz CT molecular complexity index is 2210. The number of alkyl halides is 3. The summed E-state index contributed by atoms with van der Waals surface area (Å²) in [5.74, 6) is -5.90. The van der Waals surface area contributed by atoms with Crippen molar-refractivity contribution in [1.82, 2.24) is 24.6 Å². The number of nitrogens with one attached hydrogen (secondary N) is 2. The van der Waals surface area contributed by atoms with E-state index in [9.17, 15) is 51.0 Å². The number of anilines is 1. The van der Waals surface area contributed by atoms with E-state index in [1.165, 1.54) is 12.1 Å². The van der Waals surface area contributed by atoms with Crippen LogP contribution in [-0.2, 0) is 38.4 Å². The number of hydrogen-bond donors (Lipinski definition) is 3. The highest BCUT2D eigenvalue weighted by atomic mass is 19.4. The van der Waals surface area contributed by atoms with E-state index >= 15 is 0 Å². The summed E-state index contributed by atoms with van der Waals surface area (Å²) < 4.78 is 79.4. The maximum absolute atomic E-state index is 13.7. The molecule has 2 heterocycles. The number of carbonyl (C=O) groups is 4. The van der Waals surface area contributed by atoms with Gasteiger partial charge in [0.2, 0.25) is 11.8 Å². The lowest BCUT2D eigenvalue weighted by Gasteiger charge is -2.18. The van der Waals surface area contributed by atoms with E-state index in [1.807, 2.05) is 0 Å². The second-order valence-corrected chi connectivity index (χ2v) is 11.3. The predicted molar refractivity (Wildman–Crippen MR) is 177 cm³/mol. The van der Waals surface area contributed by atoms with Gasteiger partial charge in [-0.3, -0.25) is 29.1 Å². The average Bonchev–Trinajstić information content (AvgIpc) is 3.57. The number of aliphatic carboxylic acids is 1. The van der Waals surface area contributed by atoms with Crippen molar-refractivity contribution in [2.24, 2.45) is 0 Å². The van der Waals surface area contributed by atoms with Gasteiger partial charge in [0.05, 0.1) is 18.3 Å². The molecular weight excluding hydrogens is 727 g/mol. The Labute approximate surface area is 300 Å². The molecule has 0 aliphatic heterocycles. The van der Waals surface area contributed by atoms with Gasteiger partial charge in [-0.2, -0.15) is 18.3 Å². The number of aromatic nitrogens is 4. The van der Waals surface area contributed by atoms with E-state index < -0.39 is 90.0 Å². The SMILES string of the molecule is O=C(O)C[C@H](NC(=O)Cn1c(-c2ccc(F)cc2)ncc(NC(=O)OCc2ccccc2)c1=O)C(=O)COc1cc(C(F)(F)F)nn1-c1ccc(F)cc1. The highest BCUT2D eigenvalue weighted by Gasteiger charge is 2.36. The van der Waals surface area contributed by atoms with E-state index in [1.54, 1.807) is 30.3 Å². The molecule has 0 aliphatic carbocycles. The highest BCUT2D eigenvalue weighted by Crippen LogP contribution is 2.32. The van der Waals surface area contributed by atoms with Crippen LogP contribution in [0.3, 0.4) is 0 Å². The number of hydrogen-bond acceptors (Lipinski definition) is 9. The molecule has 3 aromatic carbocycles. The zero-order valence-electron chi connectivity index (χ0n) is 27.5. The largest absolute Gasteiger partial charge is 0.481 e. The summed E-state index contributed by atoms with van der Waals surface area (Å²) in [4.78, 5) is 68.4. The molecule has 19 heteroatoms. The molecule has 54 heavy (non-hydrogen) atoms. The number of amides is 2. The predicted octanol–water partition coefficient (Wildman–Crippen LogP) is 4.75. The number of rotatable bonds is 14. The number of nitrogens with zero attached hydrogens (tertiary/aromatic N) is 4. The third-order valence-electron chi connectivity index (χ3n) is 7.40. The maximum atomic E-state index is 13.7. The summed E-state index contributed by atoms with van der Waals surface area (Å²) in [6, 6.07) is 15.9. The fourth-order valence-corrected chi connectivity index (χ4v) is 4.84. The van der Waals surface area contributed by atoms with Gasteiger partial charge in [0.1, 0.15) is 42.3 Å². The van der Waals surface area contributed by atoms with Crippen molar-refractivity contribution in [2.45, 2.75) is 31.8 Å². The van der Waals surface area contributed by atoms with E-state index in [2.05, 4.69) is 20.7 Å². The molecule has 0 radical (unpaired) electrons. The minimum Gasteiger partial charge on any atom is -0.481 e. The van der Waals surface area contributed by atoms with Crippen molar-refractivity contribution in [3.05, 3.63) is 124 Å². The monoisotopic (exact) mass is 754 g/mol. The van der Waals surface area contributed by atoms with Gasteiger partial charge in [-0.15, -0.1) is 0 Å². The molecule has 1 atom stereocenters. The summed E-state index contributed by atoms with van der Waals surface area (Å²) in [6.07, 6.45) is -6.01. The Hall–Kier alpha value is -6.92. The Balaban J connectivity index is 1.35. The fraction of sp³-hybridized carbons (Fsp3) is 0.171. The van der Waals surface area contributed by atoms with Crippen molar-refractivity contribution >= 4 is 29.4 Å². The summed E-state index contributed by atoms with van der Waals surface area (Å²) in [7, 11) is 0. The Morgan fingerprint density at radius 3 is 2.19 bits per heavy atom. The first-order chi connectivity index (χ1) is 25.7. The molecule has 5 rings (SSSR count). The number of ketones is 1. The molecule has 0 aliphatic rings. The molecule has 5 aromatic rings. The Kier molecular flexibility index (Phi) is 11.8. The zero-order chi connectivity index (χ0) is 39.0. The third-order valence-corrected chi connectivity index (χ3v) is 7.40. The highest BCUT2D eigenvalue weighted by molar-refractivity contribution is 5.93. The molecule has 0 unspecified atom stereocenters. The minimum absolute atomic E-state index is 0.0677. The van der Waals surface area contributed by atoms with Crippen molar-refractivity contribution < 1.29 is 55.7 Å². The summed E-state index contributed by atoms with van der Waals surface area (Å²) in [6.45, 7) is -2.12. The van der Waals surface area contributed by atoms with Crippen LogP contribution in [-0.4, -0.2) is 60.8 Å². The van der Waals surface area contributed by atoms with Gasteiger partial charge in [-0.25, -0.2) is 23.2 Å². The van der Waals surface area contributed by atoms with Crippen molar-refractivity contribution in [1.29, 1.82) is 0 Å². The standard InChI is InChI=1S/C35H27F5N6O8/c36-22-8-6-21(7-9-22)32-41-16-26(43-34(52)54-18-20-4-2-1-3-5-20)33(51)45(32)17-29(48)42-25(14-31(49)50)27(47)19-53-30-15-28(35(38,39)40)44-46(30)24-12-10-23(37)11-13-24/h1-13,15-16,25H,14,17-19H2,(H,42,48)(H,43,52)(H,49,50)/t25-/m0/s1. The van der Waals surface area contributed by atoms with Gasteiger partial charge in [0.15, 0.2) is 18.1 Å². The summed E-state index contributed by atoms with van der Waals surface area (Å²) in [5.41, 5.74) is -2.11. The van der Waals surface area contributed by atoms with E-state index in [0.717, 1.165) is 47.2 Å². The van der Waals surface area contributed by atoms with Crippen molar-refractivity contribution in [3.63, 3.8) is 0 Å². The third kappa shape index (κ3) is 9.90. The number of benzene rings is 3. The number of carbonyl (C=O) groups excluding carboxylic acids is 3. The van der Waals surface area contributed by atoms with Gasteiger partial charge in [0.25, 0.3) is 5.56 Å². The number of ether oxygens (including phenoxy) is 2. The second-order valence-electron chi connectivity index (χ2n) is 11.3. The van der Waals surface area contributed by atoms with Crippen LogP contribution in [0.1, 0.15) is 17.7 Å². The minimum atomic E-state index is -4.94. The van der Waals surface area contributed by atoms with Crippen LogP contribution in [0.4, 0.5) is 32.4 Å². The normalized spacial score (nSPS) is 11.7. The summed E-state index contributed by atoms with van der Waals surface area (Å²) in [5, 5.41) is 17.3. The van der Waals surface area contributed by atoms with Crippen LogP contribution in [0.5, 0.6) is 5.88 Å². The van der Waals surface area contributed by atoms with Crippen LogP contribution < -0.4 is 20.9 Å². The van der Waals surface area contributed by atoms with Gasteiger partial charge in [0, 0.05) is 11.6 Å². The number of carboxylic acid groups (broad SMARTS) is 1. The Morgan fingerprint density at radius 2 is 1.56 bits per heavy atom. The van der Waals surface area contributed by atoms with Crippen LogP contribution in [0.2, 0.25) is 0 Å². The quantitative estimate of drug-likeness (QED) is 0.134. The number of Topliss-reactive ketones (excluding diaryl/α,β-unsaturated/α-hetero) is 1. The zero-order valence-corrected chi connectivity index (χ0v) is 27.5. The lowest BCUT2D eigenvalue weighted by Crippen LogP contribution is -2.46. The maximum Gasteiger partial charge on any atom is 0.435 e. The first kappa shape index (κ1) is 38.3. The van der Waals surface area contributed by atoms with Crippen LogP contribution in [0, 0.1) is 11.6 Å². The molecule has 3 N–H and O–H groups in total. The Morgan fingerprint density at radius 1 is 0.907 bits per heavy atom. The van der Waals surface area contributed by atoms with Gasteiger partial charge < -0.3 is 19.9 Å². The van der Waals surface area contributed by atoms with Crippen LogP contribution in [0.15, 0.2) is 95.9 Å². The topological polar surface area (TPSA) is 184 Å². The lowest BCUT2D eigenvalue weighted by molar-refractivity contribution is -0.141. The van der Waals surface area contributed by atoms with Crippen LogP contribution >= 0.6 is 0 Å². The van der Waals surface area contributed by atoms with Crippen molar-refractivity contribution in [3.8, 4) is 23.0 Å². The summed E-state index contributed by atoms with van der Waals surface area (Å²) >= 11 is 0. The van der Waals surface area contributed by atoms with Gasteiger partial charge in [-0.05, 0) is 54.1 Å². The second kappa shape index (κ2) is 16.6. The number of carboxylic acids is 1. The van der Waals surface area contributed by atoms with E-state index in [-0.39, 0.29) is 23.7 Å². The van der Waals surface area contributed by atoms with E-state index in [0.29, 0.717) is 16.3 Å². The molecular formula is C35H27F5N6O8. The first-order valence-electron chi connectivity index (χ1n) is 15.6. The fourth-order valence-electron chi connectivity index (χ4n) is 4.84. The van der Waals surface area contributed by atoms with Gasteiger partial charge >= 0.3 is 18.2 Å². The van der Waals surface area contributed by atoms with Crippen molar-refractivity contribution in [2.75, 3.05) is 11.9 Å². The molecule has 0 saturated heterocycles. The molecule has 2 aromatic heterocycles.